The second kappa shape index (κ2) is 10.8. The Bertz CT molecular complexity index is 743. The van der Waals surface area contributed by atoms with Crippen LogP contribution in [-0.4, -0.2) is 69.4 Å². The SMILES string of the molecule is CCCO[Si](C)(CCC(F)(F)C(F)(F)C(F)(F)C(F)(F)C(F)(F)C(F)(F)C(F)(F)C(F)(F)F)OCCC. The van der Waals surface area contributed by atoms with Crippen LogP contribution in [0.4, 0.5) is 74.6 Å². The van der Waals surface area contributed by atoms with Gasteiger partial charge in [0.25, 0.3) is 0 Å². The molecule has 0 atom stereocenters. The van der Waals surface area contributed by atoms with Gasteiger partial charge in [0, 0.05) is 19.6 Å². The van der Waals surface area contributed by atoms with Crippen molar-refractivity contribution >= 4 is 8.56 Å². The van der Waals surface area contributed by atoms with Crippen LogP contribution in [0.1, 0.15) is 33.1 Å². The first-order valence-electron chi connectivity index (χ1n) is 10.1. The van der Waals surface area contributed by atoms with E-state index in [1.165, 1.54) is 13.8 Å². The van der Waals surface area contributed by atoms with Crippen LogP contribution in [0.2, 0.25) is 12.6 Å². The van der Waals surface area contributed by atoms with Gasteiger partial charge >= 0.3 is 56.2 Å². The summed E-state index contributed by atoms with van der Waals surface area (Å²) in [6.45, 7) is 3.46. The number of rotatable bonds is 15. The van der Waals surface area contributed by atoms with Crippen molar-refractivity contribution < 1.29 is 83.5 Å². The molecule has 0 aliphatic rings. The predicted molar refractivity (Wildman–Crippen MR) is 94.2 cm³/mol. The fourth-order valence-corrected chi connectivity index (χ4v) is 4.97. The van der Waals surface area contributed by atoms with E-state index in [2.05, 4.69) is 0 Å². The smallest absolute Gasteiger partial charge is 0.394 e. The number of halogens is 17. The van der Waals surface area contributed by atoms with Crippen LogP contribution in [0.25, 0.3) is 0 Å². The monoisotopic (exact) mass is 608 g/mol. The molecule has 0 aromatic carbocycles. The van der Waals surface area contributed by atoms with Crippen LogP contribution in [0.5, 0.6) is 0 Å². The van der Waals surface area contributed by atoms with Crippen LogP contribution >= 0.6 is 0 Å². The highest BCUT2D eigenvalue weighted by Crippen LogP contribution is 2.64. The summed E-state index contributed by atoms with van der Waals surface area (Å²) < 4.78 is 237. The van der Waals surface area contributed by atoms with Crippen LogP contribution in [0.3, 0.4) is 0 Å². The molecule has 0 rings (SSSR count). The molecule has 0 spiro atoms. The van der Waals surface area contributed by atoms with Crippen molar-refractivity contribution in [1.29, 1.82) is 0 Å². The minimum absolute atomic E-state index is 0.195. The summed E-state index contributed by atoms with van der Waals surface area (Å²) in [5, 5.41) is 0. The van der Waals surface area contributed by atoms with Crippen molar-refractivity contribution in [2.24, 2.45) is 0 Å². The van der Waals surface area contributed by atoms with E-state index in [1.807, 2.05) is 0 Å². The minimum Gasteiger partial charge on any atom is -0.394 e. The van der Waals surface area contributed by atoms with Crippen LogP contribution < -0.4 is 0 Å². The molecule has 0 amide bonds. The summed E-state index contributed by atoms with van der Waals surface area (Å²) in [4.78, 5) is 0. The topological polar surface area (TPSA) is 18.5 Å². The lowest BCUT2D eigenvalue weighted by atomic mass is 9.88. The molecule has 0 aliphatic heterocycles. The molecule has 0 radical (unpaired) electrons. The van der Waals surface area contributed by atoms with Crippen molar-refractivity contribution in [2.75, 3.05) is 13.2 Å². The maximum absolute atomic E-state index is 14.1. The van der Waals surface area contributed by atoms with Crippen LogP contribution in [0, 0.1) is 0 Å². The summed E-state index contributed by atoms with van der Waals surface area (Å²) in [5.74, 6) is -56.3. The second-order valence-corrected chi connectivity index (χ2v) is 11.3. The Morgan fingerprint density at radius 3 is 1.08 bits per heavy atom. The van der Waals surface area contributed by atoms with Gasteiger partial charge in [0.2, 0.25) is 0 Å². The third-order valence-electron chi connectivity index (χ3n) is 4.90. The Kier molecular flexibility index (Phi) is 10.5. The average Bonchev–Trinajstić information content (AvgIpc) is 2.73. The van der Waals surface area contributed by atoms with E-state index in [4.69, 9.17) is 8.85 Å². The van der Waals surface area contributed by atoms with Gasteiger partial charge in [-0.05, 0) is 25.4 Å². The standard InChI is InChI=1S/C17H21F17O2Si/c1-4-7-35-37(3,36-8-5-2)9-6-10(18,19)11(20,21)12(22,23)13(24,25)14(26,27)15(28,29)16(30,31)17(32,33)34/h4-9H2,1-3H3. The highest BCUT2D eigenvalue weighted by atomic mass is 28.4. The third-order valence-corrected chi connectivity index (χ3v) is 7.69. The maximum atomic E-state index is 14.1. The van der Waals surface area contributed by atoms with E-state index in [-0.39, 0.29) is 26.1 Å². The van der Waals surface area contributed by atoms with Crippen molar-refractivity contribution in [3.05, 3.63) is 0 Å². The molecule has 0 N–H and O–H groups in total. The van der Waals surface area contributed by atoms with Crippen molar-refractivity contribution in [3.63, 3.8) is 0 Å². The van der Waals surface area contributed by atoms with Crippen LogP contribution in [-0.2, 0) is 8.85 Å². The molecule has 0 saturated carbocycles. The van der Waals surface area contributed by atoms with E-state index >= 15 is 0 Å². The Hall–Kier alpha value is -1.05. The van der Waals surface area contributed by atoms with Crippen molar-refractivity contribution in [1.82, 2.24) is 0 Å². The van der Waals surface area contributed by atoms with Gasteiger partial charge in [0.1, 0.15) is 0 Å². The third kappa shape index (κ3) is 6.09. The highest BCUT2D eigenvalue weighted by Gasteiger charge is 2.95. The molecule has 37 heavy (non-hydrogen) atoms. The molecule has 0 heterocycles. The molecule has 0 aromatic rings. The predicted octanol–water partition coefficient (Wildman–Crippen LogP) is 8.31. The normalized spacial score (nSPS) is 15.9. The minimum atomic E-state index is -8.63. The first-order chi connectivity index (χ1) is 16.1. The number of alkyl halides is 17. The molecule has 0 saturated heterocycles. The van der Waals surface area contributed by atoms with Gasteiger partial charge in [-0.1, -0.05) is 13.8 Å². The Morgan fingerprint density at radius 2 is 0.784 bits per heavy atom. The fraction of sp³-hybridized carbons (Fsp3) is 1.00. The van der Waals surface area contributed by atoms with Gasteiger partial charge < -0.3 is 8.85 Å². The molecule has 0 aromatic heterocycles. The van der Waals surface area contributed by atoms with Crippen LogP contribution in [0.15, 0.2) is 0 Å². The van der Waals surface area contributed by atoms with Gasteiger partial charge in [0.05, 0.1) is 0 Å². The first kappa shape index (κ1) is 35.9. The zero-order chi connectivity index (χ0) is 30.2. The largest absolute Gasteiger partial charge is 0.460 e. The van der Waals surface area contributed by atoms with Gasteiger partial charge in [-0.3, -0.25) is 0 Å². The quantitative estimate of drug-likeness (QED) is 0.138. The van der Waals surface area contributed by atoms with Gasteiger partial charge in [-0.15, -0.1) is 0 Å². The number of hydrogen-bond acceptors (Lipinski definition) is 2. The summed E-state index contributed by atoms with van der Waals surface area (Å²) in [6.07, 6.45) is -9.92. The first-order valence-corrected chi connectivity index (χ1v) is 12.6. The molecular weight excluding hydrogens is 587 g/mol. The van der Waals surface area contributed by atoms with Crippen molar-refractivity contribution in [2.45, 2.75) is 93.3 Å². The average molecular weight is 608 g/mol. The second-order valence-electron chi connectivity index (χ2n) is 7.98. The molecule has 224 valence electrons. The van der Waals surface area contributed by atoms with Crippen molar-refractivity contribution in [3.8, 4) is 0 Å². The Labute approximate surface area is 199 Å². The van der Waals surface area contributed by atoms with E-state index < -0.39 is 68.7 Å². The summed E-state index contributed by atoms with van der Waals surface area (Å²) in [5.41, 5.74) is 0. The Balaban J connectivity index is 6.43. The van der Waals surface area contributed by atoms with E-state index in [0.717, 1.165) is 6.55 Å². The lowest BCUT2D eigenvalue weighted by molar-refractivity contribution is -0.461. The molecule has 20 heteroatoms. The van der Waals surface area contributed by atoms with Gasteiger partial charge in [0.15, 0.2) is 0 Å². The Morgan fingerprint density at radius 1 is 0.486 bits per heavy atom. The molecule has 0 bridgehead atoms. The van der Waals surface area contributed by atoms with E-state index in [1.54, 1.807) is 0 Å². The van der Waals surface area contributed by atoms with E-state index in [9.17, 15) is 74.6 Å². The fourth-order valence-electron chi connectivity index (χ4n) is 2.56. The highest BCUT2D eigenvalue weighted by molar-refractivity contribution is 6.66. The maximum Gasteiger partial charge on any atom is 0.460 e. The summed E-state index contributed by atoms with van der Waals surface area (Å²) in [6, 6.07) is -1.37. The molecule has 0 unspecified atom stereocenters. The number of hydrogen-bond donors (Lipinski definition) is 0. The lowest BCUT2D eigenvalue weighted by Crippen LogP contribution is -2.74. The molecule has 0 aliphatic carbocycles. The zero-order valence-corrected chi connectivity index (χ0v) is 20.0. The molecule has 2 nitrogen and oxygen atoms in total. The summed E-state index contributed by atoms with van der Waals surface area (Å²) >= 11 is 0. The molecular formula is C17H21F17O2Si. The van der Waals surface area contributed by atoms with Gasteiger partial charge in [-0.25, -0.2) is 0 Å². The summed E-state index contributed by atoms with van der Waals surface area (Å²) in [7, 11) is -3.94. The van der Waals surface area contributed by atoms with Gasteiger partial charge in [-0.2, -0.15) is 74.6 Å². The zero-order valence-electron chi connectivity index (χ0n) is 19.0. The lowest BCUT2D eigenvalue weighted by Gasteiger charge is -2.43. The van der Waals surface area contributed by atoms with E-state index in [0.29, 0.717) is 0 Å². The molecule has 0 fully saturated rings.